The smallest absolute Gasteiger partial charge is 0.0666 e. The van der Waals surface area contributed by atoms with Crippen molar-refractivity contribution in [2.45, 2.75) is 26.2 Å². The van der Waals surface area contributed by atoms with Crippen LogP contribution in [0.5, 0.6) is 0 Å². The van der Waals surface area contributed by atoms with Crippen molar-refractivity contribution in [3.63, 3.8) is 0 Å². The summed E-state index contributed by atoms with van der Waals surface area (Å²) in [6.45, 7) is 5.36. The summed E-state index contributed by atoms with van der Waals surface area (Å²) in [5.41, 5.74) is 0. The average molecular weight is 152 g/mol. The minimum atomic E-state index is 0.202. The van der Waals surface area contributed by atoms with Gasteiger partial charge in [-0.2, -0.15) is 5.26 Å². The third-order valence-electron chi connectivity index (χ3n) is 2.20. The molecule has 1 unspecified atom stereocenters. The second-order valence-corrected chi connectivity index (χ2v) is 3.39. The zero-order valence-corrected chi connectivity index (χ0v) is 7.21. The molecule has 1 aliphatic heterocycles. The van der Waals surface area contributed by atoms with Crippen LogP contribution in [0.25, 0.3) is 0 Å². The lowest BCUT2D eigenvalue weighted by Gasteiger charge is -2.26. The molecule has 1 aliphatic rings. The van der Waals surface area contributed by atoms with Crippen molar-refractivity contribution in [1.29, 1.82) is 5.26 Å². The van der Waals surface area contributed by atoms with E-state index in [9.17, 15) is 0 Å². The molecule has 0 aromatic carbocycles. The van der Waals surface area contributed by atoms with Crippen LogP contribution in [-0.2, 0) is 0 Å². The predicted molar refractivity (Wildman–Crippen MR) is 45.1 cm³/mol. The molecule has 0 radical (unpaired) electrons. The largest absolute Gasteiger partial charge is 0.302 e. The van der Waals surface area contributed by atoms with E-state index >= 15 is 0 Å². The molecule has 0 aliphatic carbocycles. The Morgan fingerprint density at radius 1 is 1.36 bits per heavy atom. The molecule has 2 heteroatoms. The highest BCUT2D eigenvalue weighted by molar-refractivity contribution is 4.82. The van der Waals surface area contributed by atoms with Gasteiger partial charge in [-0.05, 0) is 32.9 Å². The zero-order chi connectivity index (χ0) is 8.10. The van der Waals surface area contributed by atoms with Crippen molar-refractivity contribution in [2.24, 2.45) is 5.92 Å². The van der Waals surface area contributed by atoms with E-state index in [1.807, 2.05) is 6.92 Å². The summed E-state index contributed by atoms with van der Waals surface area (Å²) in [4.78, 5) is 2.40. The summed E-state index contributed by atoms with van der Waals surface area (Å²) in [5.74, 6) is 0.202. The Balaban J connectivity index is 2.20. The molecule has 0 amide bonds. The van der Waals surface area contributed by atoms with Crippen molar-refractivity contribution in [1.82, 2.24) is 4.90 Å². The molecule has 0 bridgehead atoms. The van der Waals surface area contributed by atoms with Crippen LogP contribution in [0, 0.1) is 17.2 Å². The van der Waals surface area contributed by atoms with Crippen molar-refractivity contribution in [2.75, 3.05) is 19.6 Å². The summed E-state index contributed by atoms with van der Waals surface area (Å²) in [5, 5.41) is 8.59. The second kappa shape index (κ2) is 4.35. The highest BCUT2D eigenvalue weighted by Gasteiger charge is 2.12. The first-order valence-electron chi connectivity index (χ1n) is 4.45. The monoisotopic (exact) mass is 152 g/mol. The molecule has 1 heterocycles. The molecule has 62 valence electrons. The van der Waals surface area contributed by atoms with Crippen molar-refractivity contribution < 1.29 is 0 Å². The van der Waals surface area contributed by atoms with Crippen LogP contribution in [0.2, 0.25) is 0 Å². The molecule has 11 heavy (non-hydrogen) atoms. The van der Waals surface area contributed by atoms with Crippen LogP contribution >= 0.6 is 0 Å². The first-order valence-corrected chi connectivity index (χ1v) is 4.45. The predicted octanol–water partition coefficient (Wildman–Crippen LogP) is 1.63. The number of nitriles is 1. The number of rotatable bonds is 2. The van der Waals surface area contributed by atoms with Crippen molar-refractivity contribution in [3.8, 4) is 6.07 Å². The number of nitrogens with zero attached hydrogens (tertiary/aromatic N) is 2. The molecule has 0 spiro atoms. The number of piperidine rings is 1. The van der Waals surface area contributed by atoms with Crippen molar-refractivity contribution >= 4 is 0 Å². The van der Waals surface area contributed by atoms with Crippen LogP contribution in [0.1, 0.15) is 26.2 Å². The summed E-state index contributed by atoms with van der Waals surface area (Å²) in [7, 11) is 0. The molecule has 1 fully saturated rings. The molecule has 1 atom stereocenters. The van der Waals surface area contributed by atoms with Crippen LogP contribution in [0.3, 0.4) is 0 Å². The Bertz CT molecular complexity index is 142. The first-order chi connectivity index (χ1) is 5.33. The highest BCUT2D eigenvalue weighted by Crippen LogP contribution is 2.10. The Morgan fingerprint density at radius 3 is 2.55 bits per heavy atom. The maximum absolute atomic E-state index is 8.59. The fraction of sp³-hybridized carbons (Fsp3) is 0.889. The quantitative estimate of drug-likeness (QED) is 0.601. The van der Waals surface area contributed by atoms with Crippen LogP contribution in [0.4, 0.5) is 0 Å². The lowest BCUT2D eigenvalue weighted by Crippen LogP contribution is -2.33. The lowest BCUT2D eigenvalue weighted by atomic mass is 10.1. The second-order valence-electron chi connectivity index (χ2n) is 3.39. The maximum Gasteiger partial charge on any atom is 0.0666 e. The van der Waals surface area contributed by atoms with E-state index in [1.165, 1.54) is 32.4 Å². The van der Waals surface area contributed by atoms with E-state index in [4.69, 9.17) is 5.26 Å². The van der Waals surface area contributed by atoms with Gasteiger partial charge in [0.15, 0.2) is 0 Å². The molecule has 0 N–H and O–H groups in total. The van der Waals surface area contributed by atoms with Gasteiger partial charge in [0.2, 0.25) is 0 Å². The van der Waals surface area contributed by atoms with Crippen molar-refractivity contribution in [3.05, 3.63) is 0 Å². The summed E-state index contributed by atoms with van der Waals surface area (Å²) < 4.78 is 0. The summed E-state index contributed by atoms with van der Waals surface area (Å²) in [6, 6.07) is 2.27. The fourth-order valence-corrected chi connectivity index (χ4v) is 1.57. The topological polar surface area (TPSA) is 27.0 Å². The average Bonchev–Trinajstić information content (AvgIpc) is 2.06. The van der Waals surface area contributed by atoms with E-state index in [-0.39, 0.29) is 5.92 Å². The lowest BCUT2D eigenvalue weighted by molar-refractivity contribution is 0.215. The Labute approximate surface area is 68.8 Å². The first kappa shape index (κ1) is 8.55. The van der Waals surface area contributed by atoms with Gasteiger partial charge in [0.25, 0.3) is 0 Å². The number of hydrogen-bond donors (Lipinski definition) is 0. The molecular weight excluding hydrogens is 136 g/mol. The van der Waals surface area contributed by atoms with Gasteiger partial charge in [0.05, 0.1) is 12.0 Å². The Hall–Kier alpha value is -0.550. The minimum Gasteiger partial charge on any atom is -0.302 e. The SMILES string of the molecule is CC(C#N)CN1CCCCC1. The minimum absolute atomic E-state index is 0.202. The Kier molecular flexibility index (Phi) is 3.38. The summed E-state index contributed by atoms with van der Waals surface area (Å²) >= 11 is 0. The van der Waals surface area contributed by atoms with Gasteiger partial charge >= 0.3 is 0 Å². The number of likely N-dealkylation sites (tertiary alicyclic amines) is 1. The van der Waals surface area contributed by atoms with Gasteiger partial charge in [-0.15, -0.1) is 0 Å². The molecule has 2 nitrogen and oxygen atoms in total. The number of hydrogen-bond acceptors (Lipinski definition) is 2. The van der Waals surface area contributed by atoms with Crippen LogP contribution in [0.15, 0.2) is 0 Å². The third kappa shape index (κ3) is 2.90. The van der Waals surface area contributed by atoms with Gasteiger partial charge < -0.3 is 4.90 Å². The van der Waals surface area contributed by atoms with Gasteiger partial charge in [-0.25, -0.2) is 0 Å². The molecule has 1 rings (SSSR count). The van der Waals surface area contributed by atoms with E-state index in [0.717, 1.165) is 6.54 Å². The zero-order valence-electron chi connectivity index (χ0n) is 7.21. The van der Waals surface area contributed by atoms with Gasteiger partial charge in [0.1, 0.15) is 0 Å². The Morgan fingerprint density at radius 2 is 2.00 bits per heavy atom. The van der Waals surface area contributed by atoms with E-state index in [1.54, 1.807) is 0 Å². The van der Waals surface area contributed by atoms with Gasteiger partial charge in [-0.3, -0.25) is 0 Å². The highest BCUT2D eigenvalue weighted by atomic mass is 15.1. The maximum atomic E-state index is 8.59. The van der Waals surface area contributed by atoms with E-state index in [2.05, 4.69) is 11.0 Å². The van der Waals surface area contributed by atoms with Crippen LogP contribution < -0.4 is 0 Å². The van der Waals surface area contributed by atoms with Gasteiger partial charge in [0, 0.05) is 6.54 Å². The molecular formula is C9H16N2. The fourth-order valence-electron chi connectivity index (χ4n) is 1.57. The molecule has 1 saturated heterocycles. The van der Waals surface area contributed by atoms with Crippen LogP contribution in [-0.4, -0.2) is 24.5 Å². The molecule has 0 aromatic heterocycles. The normalized spacial score (nSPS) is 22.5. The van der Waals surface area contributed by atoms with E-state index < -0.39 is 0 Å². The van der Waals surface area contributed by atoms with E-state index in [0.29, 0.717) is 0 Å². The molecule has 0 saturated carbocycles. The standard InChI is InChI=1S/C9H16N2/c1-9(7-10)8-11-5-3-2-4-6-11/h9H,2-6,8H2,1H3. The summed E-state index contributed by atoms with van der Waals surface area (Å²) in [6.07, 6.45) is 4.01. The van der Waals surface area contributed by atoms with Gasteiger partial charge in [-0.1, -0.05) is 6.42 Å². The third-order valence-corrected chi connectivity index (χ3v) is 2.20. The molecule has 0 aromatic rings.